The predicted molar refractivity (Wildman–Crippen MR) is 83.6 cm³/mol. The maximum absolute atomic E-state index is 9.91. The summed E-state index contributed by atoms with van der Waals surface area (Å²) in [4.78, 5) is 10.6. The highest BCUT2D eigenvalue weighted by atomic mass is 16.5. The Morgan fingerprint density at radius 3 is 2.95 bits per heavy atom. The maximum Gasteiger partial charge on any atom is 0.218 e. The van der Waals surface area contributed by atoms with Crippen molar-refractivity contribution in [1.82, 2.24) is 9.97 Å². The van der Waals surface area contributed by atoms with Gasteiger partial charge in [0, 0.05) is 24.6 Å². The van der Waals surface area contributed by atoms with Crippen molar-refractivity contribution in [2.45, 2.75) is 33.1 Å². The number of aliphatic hydroxyl groups excluding tert-OH is 1. The number of piperidine rings is 1. The van der Waals surface area contributed by atoms with Crippen LogP contribution in [0.5, 0.6) is 5.88 Å². The predicted octanol–water partition coefficient (Wildman–Crippen LogP) is 2.42. The first-order valence-corrected chi connectivity index (χ1v) is 7.44. The van der Waals surface area contributed by atoms with Crippen LogP contribution in [-0.2, 0) is 0 Å². The highest BCUT2D eigenvalue weighted by Crippen LogP contribution is 2.35. The van der Waals surface area contributed by atoms with E-state index in [-0.39, 0.29) is 12.0 Å². The van der Waals surface area contributed by atoms with Crippen molar-refractivity contribution in [3.63, 3.8) is 0 Å². The molecule has 2 heterocycles. The molecule has 1 fully saturated rings. The molecule has 0 spiro atoms. The molecule has 5 heteroatoms. The first-order chi connectivity index (χ1) is 10.1. The molecule has 1 aliphatic rings. The molecule has 1 aromatic heterocycles. The highest BCUT2D eigenvalue weighted by Gasteiger charge is 2.34. The largest absolute Gasteiger partial charge is 0.481 e. The van der Waals surface area contributed by atoms with E-state index in [9.17, 15) is 5.11 Å². The molecule has 0 aromatic carbocycles. The minimum Gasteiger partial charge on any atom is -0.481 e. The van der Waals surface area contributed by atoms with Gasteiger partial charge in [-0.05, 0) is 33.1 Å². The lowest BCUT2D eigenvalue weighted by molar-refractivity contribution is 0.107. The fourth-order valence-electron chi connectivity index (χ4n) is 2.80. The number of methoxy groups -OCH3 is 1. The summed E-state index contributed by atoms with van der Waals surface area (Å²) in [6.45, 7) is 6.17. The SMILES string of the molecule is COc1cc(N2CCC[C@@](CO)(CC=C(C)C)C2)ncn1. The van der Waals surface area contributed by atoms with Crippen molar-refractivity contribution in [3.05, 3.63) is 24.0 Å². The number of rotatable bonds is 5. The van der Waals surface area contributed by atoms with Gasteiger partial charge in [0.2, 0.25) is 5.88 Å². The molecule has 21 heavy (non-hydrogen) atoms. The first kappa shape index (κ1) is 15.8. The number of ether oxygens (including phenoxy) is 1. The van der Waals surface area contributed by atoms with E-state index in [0.29, 0.717) is 5.88 Å². The Labute approximate surface area is 126 Å². The molecule has 2 rings (SSSR count). The van der Waals surface area contributed by atoms with Gasteiger partial charge in [-0.3, -0.25) is 0 Å². The zero-order chi connectivity index (χ0) is 15.3. The second-order valence-corrected chi connectivity index (χ2v) is 6.09. The van der Waals surface area contributed by atoms with Gasteiger partial charge in [-0.25, -0.2) is 9.97 Å². The third kappa shape index (κ3) is 3.94. The Balaban J connectivity index is 2.16. The molecule has 5 nitrogen and oxygen atoms in total. The van der Waals surface area contributed by atoms with Crippen LogP contribution in [0, 0.1) is 5.41 Å². The van der Waals surface area contributed by atoms with Gasteiger partial charge in [-0.1, -0.05) is 11.6 Å². The van der Waals surface area contributed by atoms with E-state index in [1.807, 2.05) is 6.07 Å². The minimum atomic E-state index is -0.0757. The van der Waals surface area contributed by atoms with Crippen LogP contribution in [0.2, 0.25) is 0 Å². The summed E-state index contributed by atoms with van der Waals surface area (Å²) in [7, 11) is 1.61. The lowest BCUT2D eigenvalue weighted by Gasteiger charge is -2.42. The standard InChI is InChI=1S/C16H25N3O2/c1-13(2)5-7-16(11-20)6-4-8-19(10-16)14-9-15(21-3)18-12-17-14/h5,9,12,20H,4,6-8,10-11H2,1-3H3/t16-/m1/s1. The van der Waals surface area contributed by atoms with E-state index in [1.165, 1.54) is 11.9 Å². The molecule has 0 bridgehead atoms. The van der Waals surface area contributed by atoms with Crippen molar-refractivity contribution >= 4 is 5.82 Å². The molecule has 0 saturated carbocycles. The molecule has 0 amide bonds. The molecular weight excluding hydrogens is 266 g/mol. The number of nitrogens with zero attached hydrogens (tertiary/aromatic N) is 3. The van der Waals surface area contributed by atoms with E-state index >= 15 is 0 Å². The Morgan fingerprint density at radius 1 is 1.48 bits per heavy atom. The third-order valence-electron chi connectivity index (χ3n) is 4.10. The molecule has 1 atom stereocenters. The van der Waals surface area contributed by atoms with Gasteiger partial charge in [0.05, 0.1) is 13.7 Å². The fraction of sp³-hybridized carbons (Fsp3) is 0.625. The van der Waals surface area contributed by atoms with Gasteiger partial charge >= 0.3 is 0 Å². The molecule has 116 valence electrons. The van der Waals surface area contributed by atoms with Crippen LogP contribution in [0.25, 0.3) is 0 Å². The van der Waals surface area contributed by atoms with Gasteiger partial charge in [0.1, 0.15) is 12.1 Å². The molecule has 0 aliphatic carbocycles. The van der Waals surface area contributed by atoms with Crippen LogP contribution in [0.15, 0.2) is 24.0 Å². The molecular formula is C16H25N3O2. The van der Waals surface area contributed by atoms with Gasteiger partial charge in [-0.2, -0.15) is 0 Å². The van der Waals surface area contributed by atoms with E-state index in [2.05, 4.69) is 34.8 Å². The number of aromatic nitrogens is 2. The topological polar surface area (TPSA) is 58.5 Å². The van der Waals surface area contributed by atoms with Crippen LogP contribution in [0.4, 0.5) is 5.82 Å². The zero-order valence-corrected chi connectivity index (χ0v) is 13.2. The number of anilines is 1. The van der Waals surface area contributed by atoms with E-state index in [1.54, 1.807) is 7.11 Å². The summed E-state index contributed by atoms with van der Waals surface area (Å²) in [5, 5.41) is 9.91. The van der Waals surface area contributed by atoms with Gasteiger partial charge in [-0.15, -0.1) is 0 Å². The first-order valence-electron chi connectivity index (χ1n) is 7.44. The average molecular weight is 291 g/mol. The normalized spacial score (nSPS) is 22.0. The van der Waals surface area contributed by atoms with Gasteiger partial charge in [0.25, 0.3) is 0 Å². The van der Waals surface area contributed by atoms with E-state index < -0.39 is 0 Å². The van der Waals surface area contributed by atoms with Crippen LogP contribution in [-0.4, -0.2) is 41.9 Å². The average Bonchev–Trinajstić information content (AvgIpc) is 2.53. The number of allylic oxidation sites excluding steroid dienone is 2. The van der Waals surface area contributed by atoms with Crippen molar-refractivity contribution < 1.29 is 9.84 Å². The molecule has 0 unspecified atom stereocenters. The van der Waals surface area contributed by atoms with Crippen molar-refractivity contribution in [2.75, 3.05) is 31.7 Å². The Kier molecular flexibility index (Phi) is 5.17. The highest BCUT2D eigenvalue weighted by molar-refractivity contribution is 5.41. The van der Waals surface area contributed by atoms with Gasteiger partial charge in [0.15, 0.2) is 0 Å². The second kappa shape index (κ2) is 6.89. The lowest BCUT2D eigenvalue weighted by atomic mass is 9.77. The zero-order valence-electron chi connectivity index (χ0n) is 13.2. The number of hydrogen-bond donors (Lipinski definition) is 1. The third-order valence-corrected chi connectivity index (χ3v) is 4.10. The fourth-order valence-corrected chi connectivity index (χ4v) is 2.80. The summed E-state index contributed by atoms with van der Waals surface area (Å²) >= 11 is 0. The van der Waals surface area contributed by atoms with Crippen LogP contribution >= 0.6 is 0 Å². The number of aliphatic hydroxyl groups is 1. The molecule has 0 radical (unpaired) electrons. The minimum absolute atomic E-state index is 0.0757. The maximum atomic E-state index is 9.91. The quantitative estimate of drug-likeness (QED) is 0.844. The second-order valence-electron chi connectivity index (χ2n) is 6.09. The van der Waals surface area contributed by atoms with E-state index in [0.717, 1.165) is 38.2 Å². The van der Waals surface area contributed by atoms with Crippen molar-refractivity contribution in [2.24, 2.45) is 5.41 Å². The van der Waals surface area contributed by atoms with E-state index in [4.69, 9.17) is 4.74 Å². The summed E-state index contributed by atoms with van der Waals surface area (Å²) in [5.41, 5.74) is 1.22. The molecule has 1 aromatic rings. The van der Waals surface area contributed by atoms with Crippen LogP contribution in [0.3, 0.4) is 0 Å². The van der Waals surface area contributed by atoms with Crippen molar-refractivity contribution in [3.8, 4) is 5.88 Å². The van der Waals surface area contributed by atoms with Crippen molar-refractivity contribution in [1.29, 1.82) is 0 Å². The molecule has 1 N–H and O–H groups in total. The smallest absolute Gasteiger partial charge is 0.218 e. The lowest BCUT2D eigenvalue weighted by Crippen LogP contribution is -2.45. The Bertz CT molecular complexity index is 500. The Morgan fingerprint density at radius 2 is 2.29 bits per heavy atom. The Hall–Kier alpha value is -1.62. The summed E-state index contributed by atoms with van der Waals surface area (Å²) in [5.74, 6) is 1.45. The molecule has 1 saturated heterocycles. The van der Waals surface area contributed by atoms with Crippen LogP contribution < -0.4 is 9.64 Å². The number of hydrogen-bond acceptors (Lipinski definition) is 5. The van der Waals surface area contributed by atoms with Crippen LogP contribution in [0.1, 0.15) is 33.1 Å². The summed E-state index contributed by atoms with van der Waals surface area (Å²) < 4.78 is 5.17. The monoisotopic (exact) mass is 291 g/mol. The molecule has 1 aliphatic heterocycles. The van der Waals surface area contributed by atoms with Gasteiger partial charge < -0.3 is 14.7 Å². The summed E-state index contributed by atoms with van der Waals surface area (Å²) in [6, 6.07) is 1.86. The summed E-state index contributed by atoms with van der Waals surface area (Å²) in [6.07, 6.45) is 6.76.